The molecular formula is C19H24N2. The molecule has 0 aliphatic carbocycles. The highest BCUT2D eigenvalue weighted by Crippen LogP contribution is 2.34. The van der Waals surface area contributed by atoms with E-state index < -0.39 is 0 Å². The average molecular weight is 280 g/mol. The van der Waals surface area contributed by atoms with Crippen molar-refractivity contribution in [3.63, 3.8) is 0 Å². The Morgan fingerprint density at radius 1 is 1.00 bits per heavy atom. The van der Waals surface area contributed by atoms with Gasteiger partial charge in [-0.2, -0.15) is 0 Å². The van der Waals surface area contributed by atoms with Gasteiger partial charge in [-0.15, -0.1) is 0 Å². The topological polar surface area (TPSA) is 15.3 Å². The summed E-state index contributed by atoms with van der Waals surface area (Å²) in [5.41, 5.74) is 2.80. The van der Waals surface area contributed by atoms with Crippen LogP contribution in [-0.2, 0) is 0 Å². The third-order valence-corrected chi connectivity index (χ3v) is 4.59. The molecule has 3 unspecified atom stereocenters. The summed E-state index contributed by atoms with van der Waals surface area (Å²) >= 11 is 0. The number of piperazine rings is 1. The maximum Gasteiger partial charge on any atom is 0.0505 e. The Bertz CT molecular complexity index is 552. The monoisotopic (exact) mass is 280 g/mol. The summed E-state index contributed by atoms with van der Waals surface area (Å²) in [4.78, 5) is 2.63. The normalized spacial score (nSPS) is 24.7. The molecular weight excluding hydrogens is 256 g/mol. The molecule has 2 heteroatoms. The number of rotatable bonds is 3. The molecule has 1 heterocycles. The maximum absolute atomic E-state index is 3.63. The third-order valence-electron chi connectivity index (χ3n) is 4.59. The van der Waals surface area contributed by atoms with Crippen molar-refractivity contribution in [2.24, 2.45) is 0 Å². The van der Waals surface area contributed by atoms with Crippen LogP contribution in [0.4, 0.5) is 0 Å². The fourth-order valence-electron chi connectivity index (χ4n) is 3.45. The summed E-state index contributed by atoms with van der Waals surface area (Å²) < 4.78 is 0. The molecule has 1 N–H and O–H groups in total. The second-order valence-corrected chi connectivity index (χ2v) is 5.92. The number of hydrogen-bond donors (Lipinski definition) is 1. The highest BCUT2D eigenvalue weighted by atomic mass is 15.3. The summed E-state index contributed by atoms with van der Waals surface area (Å²) in [5, 5.41) is 3.63. The van der Waals surface area contributed by atoms with Gasteiger partial charge in [0.15, 0.2) is 0 Å². The largest absolute Gasteiger partial charge is 0.311 e. The van der Waals surface area contributed by atoms with Crippen molar-refractivity contribution in [3.8, 4) is 0 Å². The lowest BCUT2D eigenvalue weighted by Gasteiger charge is -2.44. The Balaban J connectivity index is 1.91. The number of nitrogens with one attached hydrogen (secondary N) is 1. The van der Waals surface area contributed by atoms with Gasteiger partial charge in [-0.25, -0.2) is 0 Å². The van der Waals surface area contributed by atoms with Gasteiger partial charge in [-0.3, -0.25) is 4.90 Å². The Morgan fingerprint density at radius 2 is 1.62 bits per heavy atom. The molecule has 1 saturated heterocycles. The molecule has 0 saturated carbocycles. The van der Waals surface area contributed by atoms with Crippen LogP contribution in [0.3, 0.4) is 0 Å². The molecule has 0 amide bonds. The predicted octanol–water partition coefficient (Wildman–Crippen LogP) is 3.78. The van der Waals surface area contributed by atoms with Crippen molar-refractivity contribution in [1.29, 1.82) is 0 Å². The summed E-state index contributed by atoms with van der Waals surface area (Å²) in [6.07, 6.45) is 0. The molecule has 110 valence electrons. The van der Waals surface area contributed by atoms with Crippen LogP contribution >= 0.6 is 0 Å². The molecule has 3 rings (SSSR count). The second kappa shape index (κ2) is 6.42. The maximum atomic E-state index is 3.63. The van der Waals surface area contributed by atoms with E-state index in [4.69, 9.17) is 0 Å². The zero-order chi connectivity index (χ0) is 14.7. The van der Waals surface area contributed by atoms with E-state index in [1.165, 1.54) is 11.1 Å². The van der Waals surface area contributed by atoms with Gasteiger partial charge in [-0.1, -0.05) is 60.7 Å². The van der Waals surface area contributed by atoms with Crippen LogP contribution in [0.25, 0.3) is 0 Å². The number of hydrogen-bond acceptors (Lipinski definition) is 2. The molecule has 1 fully saturated rings. The first-order valence-corrected chi connectivity index (χ1v) is 7.86. The van der Waals surface area contributed by atoms with Gasteiger partial charge in [0.05, 0.1) is 6.04 Å². The first-order chi connectivity index (χ1) is 10.3. The Kier molecular flexibility index (Phi) is 4.37. The van der Waals surface area contributed by atoms with Crippen LogP contribution in [0.15, 0.2) is 60.7 Å². The molecule has 2 aromatic carbocycles. The zero-order valence-electron chi connectivity index (χ0n) is 12.9. The van der Waals surface area contributed by atoms with E-state index in [-0.39, 0.29) is 0 Å². The molecule has 1 aliphatic rings. The Morgan fingerprint density at radius 3 is 2.29 bits per heavy atom. The minimum Gasteiger partial charge on any atom is -0.311 e. The summed E-state index contributed by atoms with van der Waals surface area (Å²) in [7, 11) is 0. The first kappa shape index (κ1) is 14.3. The minimum absolute atomic E-state index is 0.426. The van der Waals surface area contributed by atoms with Gasteiger partial charge in [0.1, 0.15) is 0 Å². The third kappa shape index (κ3) is 3.02. The van der Waals surface area contributed by atoms with E-state index in [0.29, 0.717) is 18.1 Å². The van der Waals surface area contributed by atoms with Gasteiger partial charge in [0, 0.05) is 25.2 Å². The van der Waals surface area contributed by atoms with Crippen LogP contribution in [-0.4, -0.2) is 24.0 Å². The molecule has 2 nitrogen and oxygen atoms in total. The van der Waals surface area contributed by atoms with Crippen molar-refractivity contribution in [2.75, 3.05) is 13.1 Å². The van der Waals surface area contributed by atoms with E-state index in [2.05, 4.69) is 84.7 Å². The quantitative estimate of drug-likeness (QED) is 0.920. The zero-order valence-corrected chi connectivity index (χ0v) is 12.9. The van der Waals surface area contributed by atoms with Gasteiger partial charge >= 0.3 is 0 Å². The van der Waals surface area contributed by atoms with Crippen molar-refractivity contribution in [3.05, 3.63) is 71.8 Å². The summed E-state index contributed by atoms with van der Waals surface area (Å²) in [6.45, 7) is 6.76. The summed E-state index contributed by atoms with van der Waals surface area (Å²) in [5.74, 6) is 0. The number of nitrogens with zero attached hydrogens (tertiary/aromatic N) is 1. The predicted molar refractivity (Wildman–Crippen MR) is 88.2 cm³/mol. The van der Waals surface area contributed by atoms with E-state index in [0.717, 1.165) is 13.1 Å². The molecule has 1 aliphatic heterocycles. The SMILES string of the molecule is CC1NCCN(C(C)c2ccccc2)C1c1ccccc1. The molecule has 21 heavy (non-hydrogen) atoms. The van der Waals surface area contributed by atoms with Gasteiger partial charge in [-0.05, 0) is 25.0 Å². The average Bonchev–Trinajstić information content (AvgIpc) is 2.55. The van der Waals surface area contributed by atoms with E-state index >= 15 is 0 Å². The van der Waals surface area contributed by atoms with Crippen molar-refractivity contribution >= 4 is 0 Å². The van der Waals surface area contributed by atoms with Crippen LogP contribution in [0, 0.1) is 0 Å². The van der Waals surface area contributed by atoms with Crippen molar-refractivity contribution < 1.29 is 0 Å². The van der Waals surface area contributed by atoms with Crippen LogP contribution in [0.1, 0.15) is 37.1 Å². The van der Waals surface area contributed by atoms with Crippen LogP contribution in [0.5, 0.6) is 0 Å². The van der Waals surface area contributed by atoms with Gasteiger partial charge in [0.2, 0.25) is 0 Å². The molecule has 0 spiro atoms. The highest BCUT2D eigenvalue weighted by molar-refractivity contribution is 5.24. The van der Waals surface area contributed by atoms with E-state index in [1.807, 2.05) is 0 Å². The van der Waals surface area contributed by atoms with Gasteiger partial charge in [0.25, 0.3) is 0 Å². The minimum atomic E-state index is 0.426. The van der Waals surface area contributed by atoms with Crippen LogP contribution < -0.4 is 5.32 Å². The van der Waals surface area contributed by atoms with Crippen LogP contribution in [0.2, 0.25) is 0 Å². The molecule has 0 radical (unpaired) electrons. The van der Waals surface area contributed by atoms with Crippen molar-refractivity contribution in [1.82, 2.24) is 10.2 Å². The lowest BCUT2D eigenvalue weighted by Crippen LogP contribution is -2.52. The fourth-order valence-corrected chi connectivity index (χ4v) is 3.45. The Labute approximate surface area is 127 Å². The highest BCUT2D eigenvalue weighted by Gasteiger charge is 2.32. The standard InChI is InChI=1S/C19H24N2/c1-15-19(18-11-7-4-8-12-18)21(14-13-20-15)16(2)17-9-5-3-6-10-17/h3-12,15-16,19-20H,13-14H2,1-2H3. The number of benzene rings is 2. The smallest absolute Gasteiger partial charge is 0.0505 e. The molecule has 0 aromatic heterocycles. The molecule has 2 aromatic rings. The second-order valence-electron chi connectivity index (χ2n) is 5.92. The lowest BCUT2D eigenvalue weighted by molar-refractivity contribution is 0.0850. The van der Waals surface area contributed by atoms with Crippen molar-refractivity contribution in [2.45, 2.75) is 32.0 Å². The Hall–Kier alpha value is -1.64. The van der Waals surface area contributed by atoms with E-state index in [9.17, 15) is 0 Å². The van der Waals surface area contributed by atoms with Gasteiger partial charge < -0.3 is 5.32 Å². The summed E-state index contributed by atoms with van der Waals surface area (Å²) in [6, 6.07) is 23.0. The molecule has 0 bridgehead atoms. The molecule has 3 atom stereocenters. The fraction of sp³-hybridized carbons (Fsp3) is 0.368. The van der Waals surface area contributed by atoms with E-state index in [1.54, 1.807) is 0 Å². The lowest BCUT2D eigenvalue weighted by atomic mass is 9.93. The first-order valence-electron chi connectivity index (χ1n) is 7.86.